The highest BCUT2D eigenvalue weighted by Gasteiger charge is 2.24. The van der Waals surface area contributed by atoms with Crippen LogP contribution in [0.1, 0.15) is 18.0 Å². The van der Waals surface area contributed by atoms with E-state index < -0.39 is 9.84 Å². The molecular weight excluding hydrogens is 250 g/mol. The summed E-state index contributed by atoms with van der Waals surface area (Å²) >= 11 is 0. The predicted molar refractivity (Wildman–Crippen MR) is 70.9 cm³/mol. The Labute approximate surface area is 108 Å². The van der Waals surface area contributed by atoms with E-state index in [1.165, 1.54) is 0 Å². The summed E-state index contributed by atoms with van der Waals surface area (Å²) < 4.78 is 23.2. The second-order valence-electron chi connectivity index (χ2n) is 4.57. The minimum absolute atomic E-state index is 0.0845. The van der Waals surface area contributed by atoms with Crippen LogP contribution in [0, 0.1) is 0 Å². The predicted octanol–water partition coefficient (Wildman–Crippen LogP) is 0.202. The van der Waals surface area contributed by atoms with E-state index >= 15 is 0 Å². The Kier molecular flexibility index (Phi) is 4.31. The maximum absolute atomic E-state index is 11.6. The molecule has 1 atom stereocenters. The third-order valence-corrected chi connectivity index (χ3v) is 5.06. The van der Waals surface area contributed by atoms with Crippen LogP contribution in [0.2, 0.25) is 0 Å². The highest BCUT2D eigenvalue weighted by atomic mass is 32.2. The molecule has 0 aromatic carbocycles. The average Bonchev–Trinajstić information content (AvgIpc) is 2.54. The summed E-state index contributed by atoms with van der Waals surface area (Å²) in [6.45, 7) is 1.83. The summed E-state index contributed by atoms with van der Waals surface area (Å²) in [4.78, 5) is 6.16. The first-order valence-electron chi connectivity index (χ1n) is 6.17. The Morgan fingerprint density at radius 2 is 2.00 bits per heavy atom. The van der Waals surface area contributed by atoms with Gasteiger partial charge in [-0.05, 0) is 30.7 Å². The maximum Gasteiger partial charge on any atom is 0.151 e. The Morgan fingerprint density at radius 3 is 2.67 bits per heavy atom. The molecule has 1 saturated heterocycles. The van der Waals surface area contributed by atoms with Gasteiger partial charge in [0.1, 0.15) is 0 Å². The number of sulfone groups is 1. The van der Waals surface area contributed by atoms with Gasteiger partial charge in [-0.15, -0.1) is 0 Å². The van der Waals surface area contributed by atoms with Gasteiger partial charge in [0.2, 0.25) is 0 Å². The average molecular weight is 269 g/mol. The standard InChI is InChI=1S/C12H19N3O2S/c13-10-12(11-2-4-14-5-3-11)15-6-1-8-18(16,17)9-7-15/h2-5,12H,1,6-10,13H2. The lowest BCUT2D eigenvalue weighted by molar-refractivity contribution is 0.218. The third kappa shape index (κ3) is 3.28. The molecule has 0 bridgehead atoms. The van der Waals surface area contributed by atoms with Crippen LogP contribution in [0.5, 0.6) is 0 Å². The maximum atomic E-state index is 11.6. The molecule has 1 fully saturated rings. The van der Waals surface area contributed by atoms with E-state index in [2.05, 4.69) is 9.88 Å². The van der Waals surface area contributed by atoms with E-state index in [0.717, 1.165) is 12.1 Å². The van der Waals surface area contributed by atoms with E-state index in [0.29, 0.717) is 19.5 Å². The van der Waals surface area contributed by atoms with Crippen molar-refractivity contribution in [3.8, 4) is 0 Å². The molecular formula is C12H19N3O2S. The quantitative estimate of drug-likeness (QED) is 0.848. The molecule has 6 heteroatoms. The molecule has 1 aliphatic rings. The SMILES string of the molecule is NCC(c1ccncc1)N1CCCS(=O)(=O)CC1. The van der Waals surface area contributed by atoms with Crippen LogP contribution in [0.15, 0.2) is 24.5 Å². The van der Waals surface area contributed by atoms with Crippen LogP contribution >= 0.6 is 0 Å². The van der Waals surface area contributed by atoms with Crippen molar-refractivity contribution in [3.63, 3.8) is 0 Å². The van der Waals surface area contributed by atoms with Gasteiger partial charge in [0.15, 0.2) is 9.84 Å². The molecule has 1 aliphatic heterocycles. The van der Waals surface area contributed by atoms with Crippen molar-refractivity contribution < 1.29 is 8.42 Å². The molecule has 2 heterocycles. The first kappa shape index (κ1) is 13.5. The van der Waals surface area contributed by atoms with Crippen molar-refractivity contribution in [2.45, 2.75) is 12.5 Å². The first-order chi connectivity index (χ1) is 8.62. The lowest BCUT2D eigenvalue weighted by Gasteiger charge is -2.29. The van der Waals surface area contributed by atoms with Crippen LogP contribution in [-0.4, -0.2) is 49.4 Å². The fraction of sp³-hybridized carbons (Fsp3) is 0.583. The second kappa shape index (κ2) is 5.77. The van der Waals surface area contributed by atoms with Crippen molar-refractivity contribution in [1.82, 2.24) is 9.88 Å². The normalized spacial score (nSPS) is 22.3. The number of rotatable bonds is 3. The number of hydrogen-bond donors (Lipinski definition) is 1. The van der Waals surface area contributed by atoms with E-state index in [9.17, 15) is 8.42 Å². The summed E-state index contributed by atoms with van der Waals surface area (Å²) in [5, 5.41) is 0. The molecule has 0 saturated carbocycles. The summed E-state index contributed by atoms with van der Waals surface area (Å²) in [5.41, 5.74) is 6.95. The van der Waals surface area contributed by atoms with Gasteiger partial charge in [0, 0.05) is 31.5 Å². The summed E-state index contributed by atoms with van der Waals surface area (Å²) in [6, 6.07) is 3.97. The van der Waals surface area contributed by atoms with E-state index in [1.807, 2.05) is 12.1 Å². The van der Waals surface area contributed by atoms with Crippen LogP contribution in [-0.2, 0) is 9.84 Å². The lowest BCUT2D eigenvalue weighted by atomic mass is 10.1. The molecule has 0 amide bonds. The smallest absolute Gasteiger partial charge is 0.151 e. The van der Waals surface area contributed by atoms with Crippen molar-refractivity contribution in [2.24, 2.45) is 5.73 Å². The van der Waals surface area contributed by atoms with Gasteiger partial charge in [-0.3, -0.25) is 9.88 Å². The van der Waals surface area contributed by atoms with Gasteiger partial charge in [0.05, 0.1) is 11.5 Å². The molecule has 1 unspecified atom stereocenters. The monoisotopic (exact) mass is 269 g/mol. The largest absolute Gasteiger partial charge is 0.329 e. The lowest BCUT2D eigenvalue weighted by Crippen LogP contribution is -2.35. The molecule has 2 rings (SSSR count). The number of pyridine rings is 1. The Bertz CT molecular complexity index is 475. The molecule has 0 aliphatic carbocycles. The van der Waals surface area contributed by atoms with Gasteiger partial charge in [-0.1, -0.05) is 0 Å². The van der Waals surface area contributed by atoms with Crippen molar-refractivity contribution in [2.75, 3.05) is 31.1 Å². The number of aromatic nitrogens is 1. The van der Waals surface area contributed by atoms with Gasteiger partial charge in [0.25, 0.3) is 0 Å². The first-order valence-corrected chi connectivity index (χ1v) is 7.99. The summed E-state index contributed by atoms with van der Waals surface area (Å²) in [5.74, 6) is 0.520. The van der Waals surface area contributed by atoms with Gasteiger partial charge in [-0.25, -0.2) is 8.42 Å². The van der Waals surface area contributed by atoms with Crippen molar-refractivity contribution in [3.05, 3.63) is 30.1 Å². The molecule has 100 valence electrons. The zero-order chi connectivity index (χ0) is 13.0. The molecule has 18 heavy (non-hydrogen) atoms. The van der Waals surface area contributed by atoms with Crippen LogP contribution in [0.3, 0.4) is 0 Å². The fourth-order valence-electron chi connectivity index (χ4n) is 2.35. The minimum Gasteiger partial charge on any atom is -0.329 e. The minimum atomic E-state index is -2.87. The molecule has 5 nitrogen and oxygen atoms in total. The Balaban J connectivity index is 2.14. The van der Waals surface area contributed by atoms with Crippen LogP contribution in [0.25, 0.3) is 0 Å². The number of nitrogens with two attached hydrogens (primary N) is 1. The molecule has 1 aromatic heterocycles. The van der Waals surface area contributed by atoms with Gasteiger partial charge in [-0.2, -0.15) is 0 Å². The Hall–Kier alpha value is -0.980. The highest BCUT2D eigenvalue weighted by molar-refractivity contribution is 7.91. The van der Waals surface area contributed by atoms with Gasteiger partial charge >= 0.3 is 0 Å². The molecule has 0 radical (unpaired) electrons. The molecule has 1 aromatic rings. The van der Waals surface area contributed by atoms with E-state index in [-0.39, 0.29) is 17.5 Å². The Morgan fingerprint density at radius 1 is 1.28 bits per heavy atom. The van der Waals surface area contributed by atoms with Crippen LogP contribution < -0.4 is 5.73 Å². The van der Waals surface area contributed by atoms with Crippen molar-refractivity contribution >= 4 is 9.84 Å². The number of hydrogen-bond acceptors (Lipinski definition) is 5. The molecule has 2 N–H and O–H groups in total. The topological polar surface area (TPSA) is 76.3 Å². The van der Waals surface area contributed by atoms with E-state index in [4.69, 9.17) is 5.73 Å². The van der Waals surface area contributed by atoms with Crippen LogP contribution in [0.4, 0.5) is 0 Å². The van der Waals surface area contributed by atoms with E-state index in [1.54, 1.807) is 12.4 Å². The fourth-order valence-corrected chi connectivity index (χ4v) is 3.64. The number of nitrogens with zero attached hydrogens (tertiary/aromatic N) is 2. The summed E-state index contributed by atoms with van der Waals surface area (Å²) in [6.07, 6.45) is 4.17. The summed E-state index contributed by atoms with van der Waals surface area (Å²) in [7, 11) is -2.87. The zero-order valence-corrected chi connectivity index (χ0v) is 11.1. The van der Waals surface area contributed by atoms with Gasteiger partial charge < -0.3 is 5.73 Å². The zero-order valence-electron chi connectivity index (χ0n) is 10.3. The second-order valence-corrected chi connectivity index (χ2v) is 6.88. The third-order valence-electron chi connectivity index (χ3n) is 3.35. The van der Waals surface area contributed by atoms with Crippen molar-refractivity contribution in [1.29, 1.82) is 0 Å². The highest BCUT2D eigenvalue weighted by Crippen LogP contribution is 2.21. The molecule has 0 spiro atoms.